The van der Waals surface area contributed by atoms with Crippen LogP contribution in [0.4, 0.5) is 5.69 Å². The van der Waals surface area contributed by atoms with E-state index in [4.69, 9.17) is 9.47 Å². The van der Waals surface area contributed by atoms with E-state index in [0.29, 0.717) is 48.8 Å². The molecule has 2 aliphatic rings. The number of rotatable bonds is 5. The van der Waals surface area contributed by atoms with Crippen molar-refractivity contribution >= 4 is 23.1 Å². The first kappa shape index (κ1) is 21.1. The van der Waals surface area contributed by atoms with Gasteiger partial charge in [-0.15, -0.1) is 0 Å². The number of carbonyl (C=O) groups excluding carboxylic acids is 2. The molecule has 0 radical (unpaired) electrons. The van der Waals surface area contributed by atoms with Gasteiger partial charge in [0.05, 0.1) is 30.6 Å². The zero-order valence-electron chi connectivity index (χ0n) is 18.5. The van der Waals surface area contributed by atoms with Crippen LogP contribution in [0.25, 0.3) is 5.57 Å². The first-order chi connectivity index (χ1) is 14.9. The van der Waals surface area contributed by atoms with E-state index in [2.05, 4.69) is 0 Å². The summed E-state index contributed by atoms with van der Waals surface area (Å²) in [7, 11) is 0. The minimum atomic E-state index is -0.299. The van der Waals surface area contributed by atoms with Crippen molar-refractivity contribution in [2.45, 2.75) is 33.8 Å². The molecule has 0 unspecified atom stereocenters. The van der Waals surface area contributed by atoms with Crippen LogP contribution in [0.15, 0.2) is 48.2 Å². The van der Waals surface area contributed by atoms with Crippen LogP contribution in [0.3, 0.4) is 0 Å². The number of anilines is 1. The zero-order valence-corrected chi connectivity index (χ0v) is 18.5. The third kappa shape index (κ3) is 4.08. The highest BCUT2D eigenvalue weighted by molar-refractivity contribution is 6.45. The van der Waals surface area contributed by atoms with Gasteiger partial charge in [-0.25, -0.2) is 4.90 Å². The number of nitrogens with zero attached hydrogens (tertiary/aromatic N) is 2. The van der Waals surface area contributed by atoms with Crippen LogP contribution in [-0.4, -0.2) is 49.1 Å². The van der Waals surface area contributed by atoms with Crippen LogP contribution >= 0.6 is 0 Å². The molecule has 0 aromatic heterocycles. The second-order valence-electron chi connectivity index (χ2n) is 8.23. The molecule has 2 heterocycles. The van der Waals surface area contributed by atoms with Gasteiger partial charge in [-0.1, -0.05) is 18.2 Å². The number of hydrogen-bond acceptors (Lipinski definition) is 5. The molecule has 0 bridgehead atoms. The molecular weight excluding hydrogens is 392 g/mol. The Morgan fingerprint density at radius 2 is 1.58 bits per heavy atom. The predicted octanol–water partition coefficient (Wildman–Crippen LogP) is 3.71. The molecule has 0 N–H and O–H groups in total. The number of hydrogen-bond donors (Lipinski definition) is 0. The first-order valence-electron chi connectivity index (χ1n) is 10.7. The monoisotopic (exact) mass is 420 g/mol. The van der Waals surface area contributed by atoms with Gasteiger partial charge in [-0.3, -0.25) is 9.59 Å². The molecule has 0 atom stereocenters. The van der Waals surface area contributed by atoms with Gasteiger partial charge >= 0.3 is 0 Å². The van der Waals surface area contributed by atoms with E-state index < -0.39 is 0 Å². The van der Waals surface area contributed by atoms with Crippen molar-refractivity contribution in [3.05, 3.63) is 64.9 Å². The third-order valence-corrected chi connectivity index (χ3v) is 5.65. The minimum absolute atomic E-state index is 0.0592. The van der Waals surface area contributed by atoms with Crippen molar-refractivity contribution in [3.8, 4) is 5.75 Å². The zero-order chi connectivity index (χ0) is 22.1. The molecule has 1 fully saturated rings. The Labute approximate surface area is 183 Å². The Morgan fingerprint density at radius 3 is 2.19 bits per heavy atom. The largest absolute Gasteiger partial charge is 0.491 e. The summed E-state index contributed by atoms with van der Waals surface area (Å²) in [5, 5.41) is 0. The van der Waals surface area contributed by atoms with Gasteiger partial charge in [-0.2, -0.15) is 0 Å². The maximum Gasteiger partial charge on any atom is 0.282 e. The number of aryl methyl sites for hydroxylation is 2. The summed E-state index contributed by atoms with van der Waals surface area (Å²) in [6.07, 6.45) is 0.0592. The summed E-state index contributed by atoms with van der Waals surface area (Å²) in [5.74, 6) is 0.148. The van der Waals surface area contributed by atoms with Gasteiger partial charge in [-0.05, 0) is 68.7 Å². The maximum absolute atomic E-state index is 13.6. The van der Waals surface area contributed by atoms with Crippen molar-refractivity contribution in [2.24, 2.45) is 0 Å². The number of benzene rings is 2. The van der Waals surface area contributed by atoms with Gasteiger partial charge in [0.25, 0.3) is 11.8 Å². The molecule has 1 saturated heterocycles. The summed E-state index contributed by atoms with van der Waals surface area (Å²) in [5.41, 5.74) is 4.34. The third-order valence-electron chi connectivity index (χ3n) is 5.65. The van der Waals surface area contributed by atoms with E-state index in [1.807, 2.05) is 75.1 Å². The highest BCUT2D eigenvalue weighted by atomic mass is 16.5. The highest BCUT2D eigenvalue weighted by Gasteiger charge is 2.42. The fraction of sp³-hybridized carbons (Fsp3) is 0.360. The van der Waals surface area contributed by atoms with Crippen LogP contribution < -0.4 is 9.64 Å². The Kier molecular flexibility index (Phi) is 5.83. The lowest BCUT2D eigenvalue weighted by molar-refractivity contribution is -0.121. The average Bonchev–Trinajstić information content (AvgIpc) is 3.01. The van der Waals surface area contributed by atoms with Crippen molar-refractivity contribution in [1.82, 2.24) is 4.90 Å². The molecule has 2 aromatic carbocycles. The van der Waals surface area contributed by atoms with Gasteiger partial charge in [0.1, 0.15) is 11.4 Å². The maximum atomic E-state index is 13.6. The lowest BCUT2D eigenvalue weighted by Gasteiger charge is -2.29. The van der Waals surface area contributed by atoms with E-state index in [1.54, 1.807) is 0 Å². The number of carbonyl (C=O) groups is 2. The molecule has 0 saturated carbocycles. The summed E-state index contributed by atoms with van der Waals surface area (Å²) >= 11 is 0. The van der Waals surface area contributed by atoms with Crippen LogP contribution in [0.5, 0.6) is 5.75 Å². The van der Waals surface area contributed by atoms with E-state index >= 15 is 0 Å². The Bertz CT molecular complexity index is 1030. The van der Waals surface area contributed by atoms with Crippen LogP contribution in [0.2, 0.25) is 0 Å². The predicted molar refractivity (Wildman–Crippen MR) is 120 cm³/mol. The fourth-order valence-electron chi connectivity index (χ4n) is 3.93. The van der Waals surface area contributed by atoms with Crippen LogP contribution in [-0.2, 0) is 14.3 Å². The van der Waals surface area contributed by atoms with Crippen molar-refractivity contribution in [3.63, 3.8) is 0 Å². The van der Waals surface area contributed by atoms with Gasteiger partial charge in [0.2, 0.25) is 0 Å². The standard InChI is InChI=1S/C25H28N2O4/c1-16(2)31-21-9-6-19(7-10-21)22-23(26-11-13-30-14-12-26)25(29)27(24(22)28)20-8-5-17(3)18(4)15-20/h5-10,15-16H,11-14H2,1-4H3. The van der Waals surface area contributed by atoms with E-state index in [0.717, 1.165) is 16.9 Å². The lowest BCUT2D eigenvalue weighted by atomic mass is 10.0. The average molecular weight is 421 g/mol. The molecule has 6 nitrogen and oxygen atoms in total. The topological polar surface area (TPSA) is 59.1 Å². The molecule has 2 amide bonds. The second-order valence-corrected chi connectivity index (χ2v) is 8.23. The van der Waals surface area contributed by atoms with Crippen LogP contribution in [0, 0.1) is 13.8 Å². The molecular formula is C25H28N2O4. The molecule has 31 heavy (non-hydrogen) atoms. The van der Waals surface area contributed by atoms with Gasteiger partial charge in [0.15, 0.2) is 0 Å². The van der Waals surface area contributed by atoms with Gasteiger partial charge in [0, 0.05) is 13.1 Å². The Balaban J connectivity index is 1.77. The molecule has 4 rings (SSSR count). The SMILES string of the molecule is Cc1ccc(N2C(=O)C(c3ccc(OC(C)C)cc3)=C(N3CCOCC3)C2=O)cc1C. The summed E-state index contributed by atoms with van der Waals surface area (Å²) in [4.78, 5) is 30.4. The summed E-state index contributed by atoms with van der Waals surface area (Å²) < 4.78 is 11.2. The summed E-state index contributed by atoms with van der Waals surface area (Å²) in [6, 6.07) is 13.0. The van der Waals surface area contributed by atoms with E-state index in [9.17, 15) is 9.59 Å². The lowest BCUT2D eigenvalue weighted by Crippen LogP contribution is -2.40. The quantitative estimate of drug-likeness (QED) is 0.691. The first-order valence-corrected chi connectivity index (χ1v) is 10.7. The van der Waals surface area contributed by atoms with Crippen molar-refractivity contribution in [1.29, 1.82) is 0 Å². The van der Waals surface area contributed by atoms with Crippen molar-refractivity contribution in [2.75, 3.05) is 31.2 Å². The number of morpholine rings is 1. The molecule has 2 aliphatic heterocycles. The Morgan fingerprint density at radius 1 is 0.903 bits per heavy atom. The minimum Gasteiger partial charge on any atom is -0.491 e. The smallest absolute Gasteiger partial charge is 0.282 e. The fourth-order valence-corrected chi connectivity index (χ4v) is 3.93. The highest BCUT2D eigenvalue weighted by Crippen LogP contribution is 2.36. The van der Waals surface area contributed by atoms with Crippen molar-refractivity contribution < 1.29 is 19.1 Å². The van der Waals surface area contributed by atoms with E-state index in [1.165, 1.54) is 4.90 Å². The number of amides is 2. The number of ether oxygens (including phenoxy) is 2. The second kappa shape index (κ2) is 8.55. The molecule has 6 heteroatoms. The molecule has 0 aliphatic carbocycles. The summed E-state index contributed by atoms with van der Waals surface area (Å²) in [6.45, 7) is 10.1. The Hall–Kier alpha value is -3.12. The number of imide groups is 1. The molecule has 162 valence electrons. The van der Waals surface area contributed by atoms with Gasteiger partial charge < -0.3 is 14.4 Å². The normalized spacial score (nSPS) is 17.2. The molecule has 2 aromatic rings. The van der Waals surface area contributed by atoms with Crippen LogP contribution in [0.1, 0.15) is 30.5 Å². The molecule has 0 spiro atoms. The van der Waals surface area contributed by atoms with E-state index in [-0.39, 0.29) is 17.9 Å².